The molecule has 1 unspecified atom stereocenters. The molecule has 0 amide bonds. The van der Waals surface area contributed by atoms with Crippen molar-refractivity contribution in [1.82, 2.24) is 30.0 Å². The maximum Gasteiger partial charge on any atom is 0.168 e. The third-order valence-corrected chi connectivity index (χ3v) is 5.32. The number of hydrogen-bond acceptors (Lipinski definition) is 5. The Bertz CT molecular complexity index is 463. The Hall–Kier alpha value is -0.720. The predicted molar refractivity (Wildman–Crippen MR) is 93.9 cm³/mol. The molecule has 1 atom stereocenters. The lowest BCUT2D eigenvalue weighted by atomic mass is 10.1. The lowest BCUT2D eigenvalue weighted by molar-refractivity contribution is 0.0640. The molecule has 2 aliphatic rings. The summed E-state index contributed by atoms with van der Waals surface area (Å²) in [6.07, 6.45) is 6.72. The number of halogens is 1. The number of hydrogen-bond donors (Lipinski definition) is 0. The monoisotopic (exact) mass is 342 g/mol. The van der Waals surface area contributed by atoms with Crippen molar-refractivity contribution in [2.45, 2.75) is 71.0 Å². The zero-order valence-electron chi connectivity index (χ0n) is 14.7. The summed E-state index contributed by atoms with van der Waals surface area (Å²) in [6.45, 7) is 11.2. The summed E-state index contributed by atoms with van der Waals surface area (Å²) in [7, 11) is 0. The van der Waals surface area contributed by atoms with Crippen LogP contribution in [0, 0.1) is 0 Å². The second kappa shape index (κ2) is 8.40. The lowest BCUT2D eigenvalue weighted by Crippen LogP contribution is -2.50. The van der Waals surface area contributed by atoms with Crippen LogP contribution >= 0.6 is 12.4 Å². The molecule has 7 heteroatoms. The number of rotatable bonds is 5. The van der Waals surface area contributed by atoms with Crippen LogP contribution in [0.2, 0.25) is 0 Å². The van der Waals surface area contributed by atoms with Gasteiger partial charge in [0.15, 0.2) is 5.82 Å². The van der Waals surface area contributed by atoms with Crippen LogP contribution < -0.4 is 0 Å². The topological polar surface area (TPSA) is 50.1 Å². The fraction of sp³-hybridized carbons (Fsp3) is 0.938. The van der Waals surface area contributed by atoms with E-state index in [1.165, 1.54) is 38.8 Å². The third-order valence-electron chi connectivity index (χ3n) is 5.32. The summed E-state index contributed by atoms with van der Waals surface area (Å²) in [4.78, 5) is 5.29. The van der Waals surface area contributed by atoms with E-state index in [0.717, 1.165) is 31.4 Å². The number of nitrogens with zero attached hydrogens (tertiary/aromatic N) is 6. The minimum Gasteiger partial charge on any atom is -0.298 e. The Morgan fingerprint density at radius 1 is 1.09 bits per heavy atom. The summed E-state index contributed by atoms with van der Waals surface area (Å²) in [5, 5.41) is 12.4. The number of aromatic nitrogens is 4. The molecule has 0 bridgehead atoms. The maximum absolute atomic E-state index is 4.33. The van der Waals surface area contributed by atoms with Crippen LogP contribution in [0.5, 0.6) is 0 Å². The summed E-state index contributed by atoms with van der Waals surface area (Å²) < 4.78 is 1.98. The van der Waals surface area contributed by atoms with Gasteiger partial charge in [0, 0.05) is 32.2 Å². The van der Waals surface area contributed by atoms with Crippen molar-refractivity contribution in [3.63, 3.8) is 0 Å². The van der Waals surface area contributed by atoms with Crippen molar-refractivity contribution in [3.8, 4) is 0 Å². The fourth-order valence-electron chi connectivity index (χ4n) is 4.08. The highest BCUT2D eigenvalue weighted by Gasteiger charge is 2.31. The van der Waals surface area contributed by atoms with E-state index in [1.807, 2.05) is 4.68 Å². The average molecular weight is 343 g/mol. The smallest absolute Gasteiger partial charge is 0.168 e. The van der Waals surface area contributed by atoms with Gasteiger partial charge in [-0.1, -0.05) is 19.8 Å². The molecule has 6 nitrogen and oxygen atoms in total. The van der Waals surface area contributed by atoms with E-state index in [-0.39, 0.29) is 12.4 Å². The van der Waals surface area contributed by atoms with Gasteiger partial charge < -0.3 is 0 Å². The van der Waals surface area contributed by atoms with Crippen LogP contribution in [0.25, 0.3) is 0 Å². The van der Waals surface area contributed by atoms with E-state index in [4.69, 9.17) is 0 Å². The molecule has 0 radical (unpaired) electrons. The molecule has 23 heavy (non-hydrogen) atoms. The van der Waals surface area contributed by atoms with Crippen LogP contribution in [-0.4, -0.2) is 62.2 Å². The average Bonchev–Trinajstić information content (AvgIpc) is 3.20. The normalized spacial score (nSPS) is 22.4. The zero-order chi connectivity index (χ0) is 15.5. The van der Waals surface area contributed by atoms with Crippen molar-refractivity contribution >= 4 is 12.4 Å². The van der Waals surface area contributed by atoms with Gasteiger partial charge in [0.25, 0.3) is 0 Å². The number of tetrazole rings is 1. The van der Waals surface area contributed by atoms with Crippen LogP contribution in [-0.2, 0) is 0 Å². The van der Waals surface area contributed by atoms with Gasteiger partial charge in [-0.25, -0.2) is 4.68 Å². The molecule has 1 aliphatic heterocycles. The Labute approximate surface area is 146 Å². The first kappa shape index (κ1) is 18.6. The molecule has 1 aromatic heterocycles. The first-order valence-corrected chi connectivity index (χ1v) is 8.96. The number of piperazine rings is 1. The molecule has 1 saturated carbocycles. The molecule has 1 saturated heterocycles. The van der Waals surface area contributed by atoms with E-state index in [0.29, 0.717) is 12.1 Å². The van der Waals surface area contributed by atoms with Gasteiger partial charge in [-0.15, -0.1) is 17.5 Å². The van der Waals surface area contributed by atoms with Gasteiger partial charge in [0.2, 0.25) is 0 Å². The van der Waals surface area contributed by atoms with Crippen molar-refractivity contribution < 1.29 is 0 Å². The quantitative estimate of drug-likeness (QED) is 0.823. The van der Waals surface area contributed by atoms with Crippen molar-refractivity contribution in [3.05, 3.63) is 5.82 Å². The minimum absolute atomic E-state index is 0. The molecular weight excluding hydrogens is 312 g/mol. The van der Waals surface area contributed by atoms with Crippen molar-refractivity contribution in [1.29, 1.82) is 0 Å². The lowest BCUT2D eigenvalue weighted by Gasteiger charge is -2.41. The molecule has 0 N–H and O–H groups in total. The molecule has 2 fully saturated rings. The van der Waals surface area contributed by atoms with E-state index >= 15 is 0 Å². The third kappa shape index (κ3) is 4.03. The van der Waals surface area contributed by atoms with E-state index in [9.17, 15) is 0 Å². The van der Waals surface area contributed by atoms with Crippen molar-refractivity contribution in [2.75, 3.05) is 26.2 Å². The molecule has 132 valence electrons. The maximum atomic E-state index is 4.33. The molecule has 2 heterocycles. The highest BCUT2D eigenvalue weighted by molar-refractivity contribution is 5.85. The van der Waals surface area contributed by atoms with Crippen molar-refractivity contribution in [2.24, 2.45) is 0 Å². The van der Waals surface area contributed by atoms with Gasteiger partial charge in [0.1, 0.15) is 0 Å². The summed E-state index contributed by atoms with van der Waals surface area (Å²) in [5.41, 5.74) is 0. The Morgan fingerprint density at radius 3 is 2.30 bits per heavy atom. The van der Waals surface area contributed by atoms with E-state index < -0.39 is 0 Å². The Kier molecular flexibility index (Phi) is 6.80. The van der Waals surface area contributed by atoms with Gasteiger partial charge in [-0.2, -0.15) is 0 Å². The summed E-state index contributed by atoms with van der Waals surface area (Å²) in [6, 6.07) is 1.52. The van der Waals surface area contributed by atoms with Crippen LogP contribution in [0.1, 0.15) is 70.8 Å². The van der Waals surface area contributed by atoms with Crippen LogP contribution in [0.3, 0.4) is 0 Å². The van der Waals surface area contributed by atoms with Gasteiger partial charge >= 0.3 is 0 Å². The molecular formula is C16H31ClN6. The fourth-order valence-corrected chi connectivity index (χ4v) is 4.08. The largest absolute Gasteiger partial charge is 0.298 e. The highest BCUT2D eigenvalue weighted by atomic mass is 35.5. The highest BCUT2D eigenvalue weighted by Crippen LogP contribution is 2.28. The molecule has 0 aromatic carbocycles. The minimum atomic E-state index is 0. The van der Waals surface area contributed by atoms with Gasteiger partial charge in [0.05, 0.1) is 12.1 Å². The molecule has 1 aromatic rings. The molecule has 0 spiro atoms. The van der Waals surface area contributed by atoms with Gasteiger partial charge in [-0.05, 0) is 43.5 Å². The summed E-state index contributed by atoms with van der Waals surface area (Å²) in [5.74, 6) is 1.03. The van der Waals surface area contributed by atoms with E-state index in [2.05, 4.69) is 46.1 Å². The van der Waals surface area contributed by atoms with Crippen LogP contribution in [0.15, 0.2) is 0 Å². The predicted octanol–water partition coefficient (Wildman–Crippen LogP) is 2.69. The van der Waals surface area contributed by atoms with E-state index in [1.54, 1.807) is 0 Å². The first-order chi connectivity index (χ1) is 10.7. The Morgan fingerprint density at radius 2 is 1.74 bits per heavy atom. The second-order valence-corrected chi connectivity index (χ2v) is 7.01. The first-order valence-electron chi connectivity index (χ1n) is 8.96. The standard InChI is InChI=1S/C16H30N6.ClH/c1-4-15(16-17-18-19-22(16)13(2)3)21-11-9-20(10-12-21)14-7-5-6-8-14;/h13-15H,4-12H2,1-3H3;1H. The molecule has 3 rings (SSSR count). The second-order valence-electron chi connectivity index (χ2n) is 7.01. The van der Waals surface area contributed by atoms with Gasteiger partial charge in [-0.3, -0.25) is 9.80 Å². The van der Waals surface area contributed by atoms with Crippen LogP contribution in [0.4, 0.5) is 0 Å². The molecule has 1 aliphatic carbocycles. The zero-order valence-corrected chi connectivity index (χ0v) is 15.5. The Balaban J connectivity index is 0.00000192. The summed E-state index contributed by atoms with van der Waals surface area (Å²) >= 11 is 0. The SMILES string of the molecule is CCC(c1nnnn1C(C)C)N1CCN(C2CCCC2)CC1.Cl.